The molecule has 4 heterocycles. The van der Waals surface area contributed by atoms with Crippen molar-refractivity contribution in [3.63, 3.8) is 0 Å². The van der Waals surface area contributed by atoms with E-state index in [2.05, 4.69) is 20.1 Å². The van der Waals surface area contributed by atoms with Gasteiger partial charge in [-0.2, -0.15) is 5.10 Å². The number of carbonyl (C=O) groups is 1. The van der Waals surface area contributed by atoms with Crippen molar-refractivity contribution in [1.29, 1.82) is 0 Å². The highest BCUT2D eigenvalue weighted by atomic mass is 16.5. The van der Waals surface area contributed by atoms with Gasteiger partial charge in [-0.05, 0) is 12.1 Å². The molecule has 0 radical (unpaired) electrons. The first-order valence-electron chi connectivity index (χ1n) is 8.04. The van der Waals surface area contributed by atoms with Gasteiger partial charge in [0.05, 0.1) is 35.8 Å². The molecule has 1 unspecified atom stereocenters. The van der Waals surface area contributed by atoms with E-state index in [-0.39, 0.29) is 18.1 Å². The van der Waals surface area contributed by atoms with Crippen LogP contribution in [0.5, 0.6) is 0 Å². The number of amides is 1. The van der Waals surface area contributed by atoms with E-state index in [0.29, 0.717) is 18.5 Å². The second kappa shape index (κ2) is 6.48. The number of hydrogen-bond acceptors (Lipinski definition) is 5. The largest absolute Gasteiger partial charge is 0.380 e. The van der Waals surface area contributed by atoms with E-state index in [4.69, 9.17) is 4.74 Å². The number of nitrogens with one attached hydrogen (secondary N) is 1. The first-order valence-corrected chi connectivity index (χ1v) is 8.04. The molecule has 8 heteroatoms. The second-order valence-electron chi connectivity index (χ2n) is 5.93. The Labute approximate surface area is 144 Å². The molecular formula is C17H18N6O2. The number of pyridine rings is 1. The zero-order valence-corrected chi connectivity index (χ0v) is 13.7. The van der Waals surface area contributed by atoms with Gasteiger partial charge in [0.1, 0.15) is 5.82 Å². The summed E-state index contributed by atoms with van der Waals surface area (Å²) in [5.41, 5.74) is 1.33. The third-order valence-corrected chi connectivity index (χ3v) is 4.43. The first-order chi connectivity index (χ1) is 12.3. The number of aromatic amines is 1. The average molecular weight is 338 g/mol. The van der Waals surface area contributed by atoms with Crippen molar-refractivity contribution in [1.82, 2.24) is 29.6 Å². The van der Waals surface area contributed by atoms with Crippen LogP contribution in [0.15, 0.2) is 49.3 Å². The number of H-pyrrole nitrogens is 1. The maximum atomic E-state index is 13.0. The van der Waals surface area contributed by atoms with E-state index in [9.17, 15) is 4.79 Å². The van der Waals surface area contributed by atoms with Crippen molar-refractivity contribution in [3.05, 3.63) is 60.7 Å². The molecule has 0 saturated carbocycles. The van der Waals surface area contributed by atoms with Gasteiger partial charge in [-0.3, -0.25) is 9.78 Å². The number of methoxy groups -OCH3 is 1. The Morgan fingerprint density at radius 2 is 2.28 bits per heavy atom. The monoisotopic (exact) mass is 338 g/mol. The molecule has 3 aromatic heterocycles. The van der Waals surface area contributed by atoms with E-state index in [1.165, 1.54) is 0 Å². The predicted molar refractivity (Wildman–Crippen MR) is 89.1 cm³/mol. The van der Waals surface area contributed by atoms with Crippen molar-refractivity contribution in [2.24, 2.45) is 0 Å². The van der Waals surface area contributed by atoms with Crippen LogP contribution in [-0.2, 0) is 4.74 Å². The number of ether oxygens (including phenoxy) is 1. The van der Waals surface area contributed by atoms with Crippen LogP contribution >= 0.6 is 0 Å². The lowest BCUT2D eigenvalue weighted by atomic mass is 10.2. The maximum absolute atomic E-state index is 13.0. The molecule has 0 aromatic carbocycles. The quantitative estimate of drug-likeness (QED) is 0.780. The molecule has 8 nitrogen and oxygen atoms in total. The zero-order chi connectivity index (χ0) is 17.2. The molecule has 1 N–H and O–H groups in total. The van der Waals surface area contributed by atoms with E-state index >= 15 is 0 Å². The van der Waals surface area contributed by atoms with E-state index in [1.54, 1.807) is 53.9 Å². The number of carbonyl (C=O) groups excluding carboxylic acids is 1. The van der Waals surface area contributed by atoms with Gasteiger partial charge in [0.15, 0.2) is 0 Å². The fraction of sp³-hybridized carbons (Fsp3) is 0.294. The van der Waals surface area contributed by atoms with Gasteiger partial charge < -0.3 is 14.6 Å². The minimum absolute atomic E-state index is 0.00702. The summed E-state index contributed by atoms with van der Waals surface area (Å²) < 4.78 is 7.11. The lowest BCUT2D eigenvalue weighted by Crippen LogP contribution is -2.32. The van der Waals surface area contributed by atoms with Crippen molar-refractivity contribution in [2.75, 3.05) is 13.7 Å². The third-order valence-electron chi connectivity index (χ3n) is 4.43. The van der Waals surface area contributed by atoms with Crippen LogP contribution < -0.4 is 0 Å². The van der Waals surface area contributed by atoms with Gasteiger partial charge in [-0.25, -0.2) is 9.67 Å². The Morgan fingerprint density at radius 1 is 1.36 bits per heavy atom. The molecule has 0 spiro atoms. The first kappa shape index (κ1) is 15.5. The summed E-state index contributed by atoms with van der Waals surface area (Å²) in [4.78, 5) is 26.3. The van der Waals surface area contributed by atoms with Crippen molar-refractivity contribution in [2.45, 2.75) is 18.6 Å². The van der Waals surface area contributed by atoms with Crippen LogP contribution in [0.3, 0.4) is 0 Å². The standard InChI is InChI=1S/C17H18N6O2/c1-25-14-7-15(16-19-5-6-20-16)22(11-14)17(24)12-8-21-23(10-12)13-3-2-4-18-9-13/h2-6,8-10,14-15H,7,11H2,1H3,(H,19,20)/t14-,15?/m1/s1. The summed E-state index contributed by atoms with van der Waals surface area (Å²) in [6.07, 6.45) is 10.9. The van der Waals surface area contributed by atoms with Crippen LogP contribution in [-0.4, -0.2) is 55.3 Å². The smallest absolute Gasteiger partial charge is 0.257 e. The summed E-state index contributed by atoms with van der Waals surface area (Å²) in [5, 5.41) is 4.28. The summed E-state index contributed by atoms with van der Waals surface area (Å²) in [6, 6.07) is 3.58. The number of rotatable bonds is 4. The molecule has 0 bridgehead atoms. The molecule has 1 saturated heterocycles. The maximum Gasteiger partial charge on any atom is 0.257 e. The number of nitrogens with zero attached hydrogens (tertiary/aromatic N) is 5. The molecule has 2 atom stereocenters. The van der Waals surface area contributed by atoms with E-state index in [1.807, 2.05) is 12.1 Å². The van der Waals surface area contributed by atoms with E-state index < -0.39 is 0 Å². The van der Waals surface area contributed by atoms with Gasteiger partial charge in [-0.1, -0.05) is 0 Å². The van der Waals surface area contributed by atoms with Gasteiger partial charge in [0.25, 0.3) is 5.91 Å². The Balaban J connectivity index is 1.60. The number of hydrogen-bond donors (Lipinski definition) is 1. The number of imidazole rings is 1. The highest BCUT2D eigenvalue weighted by Gasteiger charge is 2.38. The highest BCUT2D eigenvalue weighted by molar-refractivity contribution is 5.94. The minimum Gasteiger partial charge on any atom is -0.380 e. The molecule has 25 heavy (non-hydrogen) atoms. The van der Waals surface area contributed by atoms with Gasteiger partial charge in [0.2, 0.25) is 0 Å². The summed E-state index contributed by atoms with van der Waals surface area (Å²) >= 11 is 0. The Hall–Kier alpha value is -3.00. The van der Waals surface area contributed by atoms with Crippen LogP contribution in [0.4, 0.5) is 0 Å². The van der Waals surface area contributed by atoms with Crippen molar-refractivity contribution < 1.29 is 9.53 Å². The van der Waals surface area contributed by atoms with Crippen LogP contribution in [0.25, 0.3) is 5.69 Å². The Kier molecular flexibility index (Phi) is 4.02. The second-order valence-corrected chi connectivity index (χ2v) is 5.93. The molecule has 1 aliphatic heterocycles. The molecule has 1 fully saturated rings. The van der Waals surface area contributed by atoms with Gasteiger partial charge in [0, 0.05) is 44.9 Å². The van der Waals surface area contributed by atoms with Crippen LogP contribution in [0, 0.1) is 0 Å². The molecule has 0 aliphatic carbocycles. The van der Waals surface area contributed by atoms with Crippen molar-refractivity contribution >= 4 is 5.91 Å². The van der Waals surface area contributed by atoms with Crippen LogP contribution in [0.1, 0.15) is 28.6 Å². The molecule has 1 aliphatic rings. The van der Waals surface area contributed by atoms with Crippen molar-refractivity contribution in [3.8, 4) is 5.69 Å². The number of aromatic nitrogens is 5. The third kappa shape index (κ3) is 2.91. The molecule has 1 amide bonds. The normalized spacial score (nSPS) is 20.1. The SMILES string of the molecule is CO[C@@H]1CC(c2ncc[nH]2)N(C(=O)c2cnn(-c3cccnc3)c2)C1. The number of likely N-dealkylation sites (tertiary alicyclic amines) is 1. The fourth-order valence-electron chi connectivity index (χ4n) is 3.14. The zero-order valence-electron chi connectivity index (χ0n) is 13.7. The molecule has 3 aromatic rings. The minimum atomic E-state index is -0.130. The highest BCUT2D eigenvalue weighted by Crippen LogP contribution is 2.32. The van der Waals surface area contributed by atoms with Gasteiger partial charge >= 0.3 is 0 Å². The lowest BCUT2D eigenvalue weighted by molar-refractivity contribution is 0.0684. The lowest BCUT2D eigenvalue weighted by Gasteiger charge is -2.22. The predicted octanol–water partition coefficient (Wildman–Crippen LogP) is 1.59. The van der Waals surface area contributed by atoms with E-state index in [0.717, 1.165) is 11.5 Å². The summed E-state index contributed by atoms with van der Waals surface area (Å²) in [5.74, 6) is 0.684. The fourth-order valence-corrected chi connectivity index (χ4v) is 3.14. The van der Waals surface area contributed by atoms with Crippen LogP contribution in [0.2, 0.25) is 0 Å². The Bertz CT molecular complexity index is 845. The van der Waals surface area contributed by atoms with Gasteiger partial charge in [-0.15, -0.1) is 0 Å². The summed E-state index contributed by atoms with van der Waals surface area (Å²) in [6.45, 7) is 0.527. The Morgan fingerprint density at radius 3 is 3.00 bits per heavy atom. The molecule has 128 valence electrons. The summed E-state index contributed by atoms with van der Waals surface area (Å²) in [7, 11) is 1.66. The average Bonchev–Trinajstić information content (AvgIpc) is 3.41. The molecular weight excluding hydrogens is 320 g/mol. The molecule has 4 rings (SSSR count). The topological polar surface area (TPSA) is 88.9 Å².